The molecule has 0 saturated carbocycles. The van der Waals surface area contributed by atoms with E-state index < -0.39 is 10.0 Å². The molecular formula is C17H19N5O3S. The first kappa shape index (κ1) is 17.9. The Morgan fingerprint density at radius 2 is 1.65 bits per heavy atom. The summed E-state index contributed by atoms with van der Waals surface area (Å²) in [5.74, 6) is 0.840. The van der Waals surface area contributed by atoms with Crippen LogP contribution in [0.1, 0.15) is 22.6 Å². The molecule has 3 rings (SSSR count). The van der Waals surface area contributed by atoms with Gasteiger partial charge in [0.25, 0.3) is 10.0 Å². The molecule has 0 aliphatic rings. The second-order valence-electron chi connectivity index (χ2n) is 6.01. The molecule has 2 heterocycles. The Balaban J connectivity index is 1.79. The van der Waals surface area contributed by atoms with Crippen LogP contribution in [0.2, 0.25) is 0 Å². The number of hydrogen-bond acceptors (Lipinski definition) is 7. The van der Waals surface area contributed by atoms with E-state index in [1.54, 1.807) is 13.0 Å². The topological polar surface area (TPSA) is 110 Å². The number of nitrogens with one attached hydrogen (secondary N) is 2. The van der Waals surface area contributed by atoms with Gasteiger partial charge in [-0.1, -0.05) is 17.3 Å². The van der Waals surface area contributed by atoms with Crippen LogP contribution in [-0.2, 0) is 10.0 Å². The molecule has 0 fully saturated rings. The lowest BCUT2D eigenvalue weighted by Crippen LogP contribution is -2.15. The highest BCUT2D eigenvalue weighted by atomic mass is 32.2. The van der Waals surface area contributed by atoms with Crippen molar-refractivity contribution in [1.82, 2.24) is 15.4 Å². The van der Waals surface area contributed by atoms with Crippen LogP contribution in [-0.4, -0.2) is 23.8 Å². The first-order chi connectivity index (χ1) is 12.3. The Morgan fingerprint density at radius 1 is 0.962 bits per heavy atom. The molecule has 0 saturated heterocycles. The van der Waals surface area contributed by atoms with Crippen molar-refractivity contribution in [2.24, 2.45) is 0 Å². The van der Waals surface area contributed by atoms with E-state index in [2.05, 4.69) is 25.4 Å². The van der Waals surface area contributed by atoms with E-state index in [0.717, 1.165) is 16.8 Å². The monoisotopic (exact) mass is 373 g/mol. The van der Waals surface area contributed by atoms with Crippen molar-refractivity contribution in [3.63, 3.8) is 0 Å². The average Bonchev–Trinajstić information content (AvgIpc) is 2.92. The van der Waals surface area contributed by atoms with Gasteiger partial charge >= 0.3 is 0 Å². The smallest absolute Gasteiger partial charge is 0.268 e. The average molecular weight is 373 g/mol. The second-order valence-corrected chi connectivity index (χ2v) is 7.63. The fraction of sp³-hybridized carbons (Fsp3) is 0.235. The highest BCUT2D eigenvalue weighted by molar-refractivity contribution is 7.92. The summed E-state index contributed by atoms with van der Waals surface area (Å²) < 4.78 is 32.2. The van der Waals surface area contributed by atoms with E-state index in [1.807, 2.05) is 32.0 Å². The largest absolute Gasteiger partial charge is 0.360 e. The molecule has 0 spiro atoms. The summed E-state index contributed by atoms with van der Waals surface area (Å²) in [5, 5.41) is 14.8. The van der Waals surface area contributed by atoms with Gasteiger partial charge in [0.15, 0.2) is 22.3 Å². The molecule has 2 aromatic heterocycles. The maximum Gasteiger partial charge on any atom is 0.268 e. The molecule has 0 aliphatic carbocycles. The lowest BCUT2D eigenvalue weighted by Gasteiger charge is -2.10. The summed E-state index contributed by atoms with van der Waals surface area (Å²) in [7, 11) is -3.84. The number of sulfonamides is 1. The van der Waals surface area contributed by atoms with Gasteiger partial charge in [-0.25, -0.2) is 8.42 Å². The zero-order valence-electron chi connectivity index (χ0n) is 14.9. The van der Waals surface area contributed by atoms with E-state index in [4.69, 9.17) is 4.52 Å². The highest BCUT2D eigenvalue weighted by Crippen LogP contribution is 2.23. The Hall–Kier alpha value is -2.94. The van der Waals surface area contributed by atoms with Gasteiger partial charge in [0.05, 0.1) is 0 Å². The standard InChI is InChI=1S/C17H19N5O3S/c1-10-5-6-11(2)14(9-10)18-15-7-8-16(20-19-15)22-26(23,24)17-12(3)21-25-13(17)4/h5-9H,1-4H3,(H,18,19)(H,20,22). The summed E-state index contributed by atoms with van der Waals surface area (Å²) in [6.07, 6.45) is 0. The Bertz CT molecular complexity index is 1020. The maximum absolute atomic E-state index is 12.5. The van der Waals surface area contributed by atoms with Gasteiger partial charge in [-0.2, -0.15) is 0 Å². The lowest BCUT2D eigenvalue weighted by molar-refractivity contribution is 0.390. The lowest BCUT2D eigenvalue weighted by atomic mass is 10.1. The predicted octanol–water partition coefficient (Wildman–Crippen LogP) is 3.24. The van der Waals surface area contributed by atoms with Crippen LogP contribution in [0.25, 0.3) is 0 Å². The van der Waals surface area contributed by atoms with E-state index in [0.29, 0.717) is 5.82 Å². The summed E-state index contributed by atoms with van der Waals surface area (Å²) in [4.78, 5) is 0.0110. The predicted molar refractivity (Wildman–Crippen MR) is 98.0 cm³/mol. The van der Waals surface area contributed by atoms with Crippen molar-refractivity contribution in [3.05, 3.63) is 52.9 Å². The number of aryl methyl sites for hydroxylation is 4. The molecule has 136 valence electrons. The molecule has 8 nitrogen and oxygen atoms in total. The Labute approximate surface area is 151 Å². The quantitative estimate of drug-likeness (QED) is 0.706. The van der Waals surface area contributed by atoms with Crippen LogP contribution in [0.15, 0.2) is 39.8 Å². The van der Waals surface area contributed by atoms with Crippen molar-refractivity contribution in [1.29, 1.82) is 0 Å². The molecule has 3 aromatic rings. The van der Waals surface area contributed by atoms with E-state index in [-0.39, 0.29) is 22.2 Å². The van der Waals surface area contributed by atoms with E-state index >= 15 is 0 Å². The SMILES string of the molecule is Cc1ccc(C)c(Nc2ccc(NS(=O)(=O)c3c(C)noc3C)nn2)c1. The van der Waals surface area contributed by atoms with Crippen LogP contribution >= 0.6 is 0 Å². The van der Waals surface area contributed by atoms with Gasteiger partial charge in [0, 0.05) is 5.69 Å². The maximum atomic E-state index is 12.5. The number of benzene rings is 1. The van der Waals surface area contributed by atoms with Crippen molar-refractivity contribution in [3.8, 4) is 0 Å². The van der Waals surface area contributed by atoms with Gasteiger partial charge in [0.1, 0.15) is 5.69 Å². The van der Waals surface area contributed by atoms with Gasteiger partial charge < -0.3 is 9.84 Å². The van der Waals surface area contributed by atoms with Gasteiger partial charge in [-0.05, 0) is 57.0 Å². The summed E-state index contributed by atoms with van der Waals surface area (Å²) in [5.41, 5.74) is 3.40. The highest BCUT2D eigenvalue weighted by Gasteiger charge is 2.24. The number of anilines is 3. The molecule has 0 bridgehead atoms. The molecule has 26 heavy (non-hydrogen) atoms. The number of aromatic nitrogens is 3. The first-order valence-corrected chi connectivity index (χ1v) is 9.38. The number of nitrogens with zero attached hydrogens (tertiary/aromatic N) is 3. The molecule has 9 heteroatoms. The van der Waals surface area contributed by atoms with E-state index in [9.17, 15) is 8.42 Å². The Morgan fingerprint density at radius 3 is 2.27 bits per heavy atom. The third kappa shape index (κ3) is 3.67. The van der Waals surface area contributed by atoms with Crippen molar-refractivity contribution >= 4 is 27.3 Å². The number of rotatable bonds is 5. The minimum Gasteiger partial charge on any atom is -0.360 e. The van der Waals surface area contributed by atoms with Gasteiger partial charge in [-0.3, -0.25) is 4.72 Å². The molecule has 0 aliphatic heterocycles. The summed E-state index contributed by atoms with van der Waals surface area (Å²) in [6, 6.07) is 9.23. The third-order valence-electron chi connectivity index (χ3n) is 3.80. The van der Waals surface area contributed by atoms with Gasteiger partial charge in [-0.15, -0.1) is 10.2 Å². The van der Waals surface area contributed by atoms with Crippen LogP contribution in [0.5, 0.6) is 0 Å². The zero-order chi connectivity index (χ0) is 18.9. The minimum atomic E-state index is -3.84. The summed E-state index contributed by atoms with van der Waals surface area (Å²) in [6.45, 7) is 7.09. The normalized spacial score (nSPS) is 11.4. The van der Waals surface area contributed by atoms with E-state index in [1.165, 1.54) is 13.0 Å². The molecule has 2 N–H and O–H groups in total. The molecule has 0 unspecified atom stereocenters. The van der Waals surface area contributed by atoms with Crippen LogP contribution < -0.4 is 10.0 Å². The van der Waals surface area contributed by atoms with Crippen molar-refractivity contribution in [2.75, 3.05) is 10.0 Å². The van der Waals surface area contributed by atoms with Gasteiger partial charge in [0.2, 0.25) is 0 Å². The first-order valence-electron chi connectivity index (χ1n) is 7.90. The third-order valence-corrected chi connectivity index (χ3v) is 5.39. The molecule has 0 radical (unpaired) electrons. The van der Waals surface area contributed by atoms with Crippen LogP contribution in [0, 0.1) is 27.7 Å². The minimum absolute atomic E-state index is 0.0110. The van der Waals surface area contributed by atoms with Crippen molar-refractivity contribution in [2.45, 2.75) is 32.6 Å². The molecular weight excluding hydrogens is 354 g/mol. The molecule has 1 aromatic carbocycles. The number of hydrogen-bond donors (Lipinski definition) is 2. The zero-order valence-corrected chi connectivity index (χ0v) is 15.7. The molecule has 0 amide bonds. The van der Waals surface area contributed by atoms with Crippen molar-refractivity contribution < 1.29 is 12.9 Å². The summed E-state index contributed by atoms with van der Waals surface area (Å²) >= 11 is 0. The fourth-order valence-corrected chi connectivity index (χ4v) is 3.84. The second kappa shape index (κ2) is 6.75. The van der Waals surface area contributed by atoms with Crippen LogP contribution in [0.3, 0.4) is 0 Å². The fourth-order valence-electron chi connectivity index (χ4n) is 2.51. The van der Waals surface area contributed by atoms with Crippen LogP contribution in [0.4, 0.5) is 17.3 Å². The molecule has 0 atom stereocenters. The Kier molecular flexibility index (Phi) is 4.64.